The molecule has 1 amide bonds. The van der Waals surface area contributed by atoms with Crippen molar-refractivity contribution in [2.24, 2.45) is 5.92 Å². The van der Waals surface area contributed by atoms with Crippen molar-refractivity contribution >= 4 is 5.91 Å². The Balaban J connectivity index is 1.70. The molecule has 3 heterocycles. The molecule has 160 valence electrons. The van der Waals surface area contributed by atoms with Crippen LogP contribution in [0.15, 0.2) is 24.3 Å². The van der Waals surface area contributed by atoms with Crippen LogP contribution in [0.3, 0.4) is 0 Å². The summed E-state index contributed by atoms with van der Waals surface area (Å²) in [5.41, 5.74) is 0. The SMILES string of the molecule is CCCCC[C@H](O)C=C[C@H]1O[C@H]2C[C@H](O2)[C@@H]1CC=CCCCC(=O)NCCO. The summed E-state index contributed by atoms with van der Waals surface area (Å²) in [5, 5.41) is 21.4. The van der Waals surface area contributed by atoms with Crippen molar-refractivity contribution < 1.29 is 24.5 Å². The third kappa shape index (κ3) is 8.03. The lowest BCUT2D eigenvalue weighted by Gasteiger charge is -2.49. The lowest BCUT2D eigenvalue weighted by Crippen LogP contribution is -2.55. The molecular weight excluding hydrogens is 358 g/mol. The van der Waals surface area contributed by atoms with E-state index in [4.69, 9.17) is 14.6 Å². The summed E-state index contributed by atoms with van der Waals surface area (Å²) >= 11 is 0. The van der Waals surface area contributed by atoms with Gasteiger partial charge in [0.2, 0.25) is 5.91 Å². The highest BCUT2D eigenvalue weighted by molar-refractivity contribution is 5.75. The number of amides is 1. The molecule has 3 rings (SSSR count). The summed E-state index contributed by atoms with van der Waals surface area (Å²) in [6.45, 7) is 2.46. The zero-order valence-corrected chi connectivity index (χ0v) is 17.1. The Labute approximate surface area is 169 Å². The number of rotatable bonds is 14. The van der Waals surface area contributed by atoms with Crippen LogP contribution in [0.4, 0.5) is 0 Å². The number of carbonyl (C=O) groups is 1. The summed E-state index contributed by atoms with van der Waals surface area (Å²) in [4.78, 5) is 11.5. The van der Waals surface area contributed by atoms with Gasteiger partial charge in [-0.1, -0.05) is 50.5 Å². The fraction of sp³-hybridized carbons (Fsp3) is 0.773. The quantitative estimate of drug-likeness (QED) is 0.311. The molecule has 2 bridgehead atoms. The number of nitrogens with one attached hydrogen (secondary N) is 1. The summed E-state index contributed by atoms with van der Waals surface area (Å²) in [6.07, 6.45) is 16.0. The van der Waals surface area contributed by atoms with E-state index in [9.17, 15) is 9.90 Å². The maximum atomic E-state index is 11.5. The summed E-state index contributed by atoms with van der Waals surface area (Å²) in [7, 11) is 0. The van der Waals surface area contributed by atoms with Crippen LogP contribution in [-0.2, 0) is 14.3 Å². The van der Waals surface area contributed by atoms with Crippen molar-refractivity contribution in [3.8, 4) is 0 Å². The van der Waals surface area contributed by atoms with Gasteiger partial charge in [-0.3, -0.25) is 4.79 Å². The second kappa shape index (κ2) is 13.1. The van der Waals surface area contributed by atoms with E-state index in [1.54, 1.807) is 0 Å². The maximum absolute atomic E-state index is 11.5. The molecule has 3 saturated heterocycles. The number of aliphatic hydroxyl groups excluding tert-OH is 2. The Morgan fingerprint density at radius 2 is 2.07 bits per heavy atom. The van der Waals surface area contributed by atoms with E-state index >= 15 is 0 Å². The van der Waals surface area contributed by atoms with Crippen molar-refractivity contribution in [1.29, 1.82) is 0 Å². The average molecular weight is 396 g/mol. The normalized spacial score (nSPS) is 27.8. The molecule has 0 aliphatic carbocycles. The van der Waals surface area contributed by atoms with Crippen LogP contribution >= 0.6 is 0 Å². The molecule has 28 heavy (non-hydrogen) atoms. The number of carbonyl (C=O) groups excluding carboxylic acids is 1. The molecule has 0 aromatic heterocycles. The van der Waals surface area contributed by atoms with Gasteiger partial charge in [-0.25, -0.2) is 0 Å². The number of unbranched alkanes of at least 4 members (excludes halogenated alkanes) is 3. The fourth-order valence-electron chi connectivity index (χ4n) is 3.67. The zero-order valence-electron chi connectivity index (χ0n) is 17.1. The smallest absolute Gasteiger partial charge is 0.220 e. The van der Waals surface area contributed by atoms with Crippen molar-refractivity contribution in [1.82, 2.24) is 5.32 Å². The van der Waals surface area contributed by atoms with Crippen LogP contribution in [-0.4, -0.2) is 53.9 Å². The first-order valence-corrected chi connectivity index (χ1v) is 10.8. The minimum atomic E-state index is -0.400. The Morgan fingerprint density at radius 3 is 2.82 bits per heavy atom. The van der Waals surface area contributed by atoms with Crippen molar-refractivity contribution in [3.63, 3.8) is 0 Å². The number of aliphatic hydroxyl groups is 2. The fourth-order valence-corrected chi connectivity index (χ4v) is 3.67. The van der Waals surface area contributed by atoms with E-state index in [0.717, 1.165) is 51.4 Å². The first-order valence-electron chi connectivity index (χ1n) is 10.8. The van der Waals surface area contributed by atoms with E-state index in [2.05, 4.69) is 24.4 Å². The third-order valence-electron chi connectivity index (χ3n) is 5.37. The van der Waals surface area contributed by atoms with Gasteiger partial charge in [0.05, 0.1) is 24.9 Å². The van der Waals surface area contributed by atoms with Gasteiger partial charge in [0.15, 0.2) is 6.29 Å². The highest BCUT2D eigenvalue weighted by Crippen LogP contribution is 2.40. The number of hydrogen-bond donors (Lipinski definition) is 3. The van der Waals surface area contributed by atoms with E-state index in [-0.39, 0.29) is 36.9 Å². The predicted molar refractivity (Wildman–Crippen MR) is 109 cm³/mol. The van der Waals surface area contributed by atoms with Crippen LogP contribution in [0.5, 0.6) is 0 Å². The molecule has 3 aliphatic heterocycles. The Morgan fingerprint density at radius 1 is 1.25 bits per heavy atom. The monoisotopic (exact) mass is 395 g/mol. The molecular formula is C22H37NO5. The standard InChI is InChI=1S/C22H37NO5/c1-2-3-6-9-17(25)12-13-19-18(20-16-22(27-19)28-20)10-7-4-5-8-11-21(26)23-14-15-24/h4,7,12-13,17-20,22,24-25H,2-3,5-6,8-11,14-16H2,1H3,(H,23,26)/t17-,18+,19+,20-,22+/m0/s1. The van der Waals surface area contributed by atoms with Gasteiger partial charge in [0, 0.05) is 25.3 Å². The first kappa shape index (κ1) is 23.1. The molecule has 0 radical (unpaired) electrons. The van der Waals surface area contributed by atoms with Crippen LogP contribution in [0, 0.1) is 5.92 Å². The number of hydrogen-bond acceptors (Lipinski definition) is 5. The number of ether oxygens (including phenoxy) is 2. The molecule has 0 aromatic rings. The lowest BCUT2D eigenvalue weighted by atomic mass is 9.84. The molecule has 6 nitrogen and oxygen atoms in total. The summed E-state index contributed by atoms with van der Waals surface area (Å²) < 4.78 is 11.7. The van der Waals surface area contributed by atoms with Crippen molar-refractivity contribution in [2.45, 2.75) is 89.3 Å². The van der Waals surface area contributed by atoms with Crippen LogP contribution < -0.4 is 5.32 Å². The van der Waals surface area contributed by atoms with Gasteiger partial charge >= 0.3 is 0 Å². The zero-order chi connectivity index (χ0) is 20.2. The lowest BCUT2D eigenvalue weighted by molar-refractivity contribution is -0.337. The number of fused-ring (bicyclic) bond motifs is 2. The highest BCUT2D eigenvalue weighted by Gasteiger charge is 2.46. The van der Waals surface area contributed by atoms with E-state index in [1.165, 1.54) is 0 Å². The Hall–Kier alpha value is -1.21. The predicted octanol–water partition coefficient (Wildman–Crippen LogP) is 2.84. The van der Waals surface area contributed by atoms with E-state index in [1.807, 2.05) is 12.2 Å². The van der Waals surface area contributed by atoms with E-state index < -0.39 is 6.10 Å². The third-order valence-corrected chi connectivity index (χ3v) is 5.37. The molecule has 3 fully saturated rings. The van der Waals surface area contributed by atoms with Crippen LogP contribution in [0.1, 0.15) is 64.7 Å². The first-order chi connectivity index (χ1) is 13.6. The molecule has 0 spiro atoms. The number of allylic oxidation sites excluding steroid dienone is 2. The highest BCUT2D eigenvalue weighted by atomic mass is 16.7. The molecule has 0 saturated carbocycles. The molecule has 0 aromatic carbocycles. The molecule has 6 heteroatoms. The molecule has 5 atom stereocenters. The van der Waals surface area contributed by atoms with Gasteiger partial charge in [0.25, 0.3) is 0 Å². The Bertz CT molecular complexity index is 501. The van der Waals surface area contributed by atoms with Gasteiger partial charge in [-0.05, 0) is 25.7 Å². The largest absolute Gasteiger partial charge is 0.395 e. The molecule has 0 unspecified atom stereocenters. The van der Waals surface area contributed by atoms with Gasteiger partial charge in [0.1, 0.15) is 0 Å². The van der Waals surface area contributed by atoms with Gasteiger partial charge in [-0.2, -0.15) is 0 Å². The van der Waals surface area contributed by atoms with Gasteiger partial charge < -0.3 is 25.0 Å². The average Bonchev–Trinajstić information content (AvgIpc) is 2.67. The Kier molecular flexibility index (Phi) is 10.8. The van der Waals surface area contributed by atoms with Crippen molar-refractivity contribution in [3.05, 3.63) is 24.3 Å². The van der Waals surface area contributed by atoms with Crippen LogP contribution in [0.25, 0.3) is 0 Å². The second-order valence-electron chi connectivity index (χ2n) is 7.73. The summed E-state index contributed by atoms with van der Waals surface area (Å²) in [6, 6.07) is 0. The minimum Gasteiger partial charge on any atom is -0.395 e. The summed E-state index contributed by atoms with van der Waals surface area (Å²) in [5.74, 6) is 0.257. The van der Waals surface area contributed by atoms with E-state index in [0.29, 0.717) is 13.0 Å². The van der Waals surface area contributed by atoms with Crippen LogP contribution in [0.2, 0.25) is 0 Å². The second-order valence-corrected chi connectivity index (χ2v) is 7.73. The van der Waals surface area contributed by atoms with Gasteiger partial charge in [-0.15, -0.1) is 0 Å². The maximum Gasteiger partial charge on any atom is 0.220 e. The molecule has 3 N–H and O–H groups in total. The minimum absolute atomic E-state index is 0.00719. The topological polar surface area (TPSA) is 88.0 Å². The molecule has 3 aliphatic rings. The van der Waals surface area contributed by atoms with Crippen molar-refractivity contribution in [2.75, 3.05) is 13.2 Å².